The summed E-state index contributed by atoms with van der Waals surface area (Å²) in [5, 5.41) is 19.1. The number of aryl methyl sites for hydroxylation is 1. The molecular formula is C25H35NO4. The highest BCUT2D eigenvalue weighted by molar-refractivity contribution is 5.79. The number of rotatable bonds is 13. The Kier molecular flexibility index (Phi) is 10.4. The monoisotopic (exact) mass is 413 g/mol. The van der Waals surface area contributed by atoms with E-state index < -0.39 is 12.1 Å². The Morgan fingerprint density at radius 2 is 2.00 bits per heavy atom. The molecule has 1 amide bonds. The summed E-state index contributed by atoms with van der Waals surface area (Å²) in [5.74, 6) is -0.481. The van der Waals surface area contributed by atoms with Crippen molar-refractivity contribution in [3.05, 3.63) is 60.2 Å². The van der Waals surface area contributed by atoms with Crippen molar-refractivity contribution in [2.45, 2.75) is 70.4 Å². The molecule has 164 valence electrons. The van der Waals surface area contributed by atoms with Gasteiger partial charge in [-0.2, -0.15) is 0 Å². The van der Waals surface area contributed by atoms with Crippen molar-refractivity contribution in [3.8, 4) is 0 Å². The van der Waals surface area contributed by atoms with Crippen LogP contribution >= 0.6 is 0 Å². The quantitative estimate of drug-likeness (QED) is 0.372. The van der Waals surface area contributed by atoms with E-state index in [1.807, 2.05) is 35.3 Å². The van der Waals surface area contributed by atoms with Crippen LogP contribution in [0.2, 0.25) is 0 Å². The van der Waals surface area contributed by atoms with Crippen LogP contribution in [0.4, 0.5) is 0 Å². The number of hydrogen-bond acceptors (Lipinski definition) is 3. The average molecular weight is 414 g/mol. The second-order valence-corrected chi connectivity index (χ2v) is 8.14. The van der Waals surface area contributed by atoms with Gasteiger partial charge in [0, 0.05) is 19.4 Å². The second kappa shape index (κ2) is 13.0. The summed E-state index contributed by atoms with van der Waals surface area (Å²) in [4.78, 5) is 24.5. The van der Waals surface area contributed by atoms with E-state index in [1.165, 1.54) is 5.56 Å². The molecule has 1 fully saturated rings. The van der Waals surface area contributed by atoms with E-state index in [1.54, 1.807) is 0 Å². The Hall–Kier alpha value is -2.40. The molecule has 0 radical (unpaired) electrons. The second-order valence-electron chi connectivity index (χ2n) is 8.14. The number of nitrogens with zero attached hydrogens (tertiary/aromatic N) is 1. The van der Waals surface area contributed by atoms with Crippen molar-refractivity contribution in [1.29, 1.82) is 0 Å². The predicted octanol–water partition coefficient (Wildman–Crippen LogP) is 4.36. The van der Waals surface area contributed by atoms with E-state index in [4.69, 9.17) is 5.11 Å². The number of carboxylic acid groups (broad SMARTS) is 1. The molecule has 1 aromatic rings. The minimum Gasteiger partial charge on any atom is -0.481 e. The molecule has 5 nitrogen and oxygen atoms in total. The summed E-state index contributed by atoms with van der Waals surface area (Å²) in [6.45, 7) is 2.60. The number of carbonyl (C=O) groups is 2. The largest absolute Gasteiger partial charge is 0.481 e. The van der Waals surface area contributed by atoms with Gasteiger partial charge in [-0.1, -0.05) is 61.6 Å². The summed E-state index contributed by atoms with van der Waals surface area (Å²) in [6, 6.07) is 10.4. The molecule has 0 unspecified atom stereocenters. The lowest BCUT2D eigenvalue weighted by Gasteiger charge is -2.22. The first-order valence-corrected chi connectivity index (χ1v) is 11.0. The molecule has 1 saturated heterocycles. The van der Waals surface area contributed by atoms with Crippen molar-refractivity contribution in [2.24, 2.45) is 5.92 Å². The molecule has 2 rings (SSSR count). The molecule has 1 aliphatic heterocycles. The number of allylic oxidation sites excluding steroid dienone is 1. The zero-order chi connectivity index (χ0) is 21.8. The number of benzene rings is 1. The Labute approximate surface area is 180 Å². The topological polar surface area (TPSA) is 77.8 Å². The standard InChI is InChI=1S/C25H35NO4/c1-20(10-9-13-21-11-5-4-6-12-21)23(27)17-15-22-16-18-24(28)26(22)19-8-3-2-7-14-25(29)30/h3-6,8,11-12,15,17,20,22-23,27H,2,7,9-10,13-14,16,18-19H2,1H3,(H,29,30)/b8-3-,17-15+/t20-,22-,23+/m0/s1. The SMILES string of the molecule is C[C@@H](CCCc1ccccc1)[C@H](O)/C=C/[C@H]1CCC(=O)N1C/C=C\CCCC(=O)O. The van der Waals surface area contributed by atoms with E-state index in [0.717, 1.165) is 25.7 Å². The highest BCUT2D eigenvalue weighted by Gasteiger charge is 2.28. The van der Waals surface area contributed by atoms with E-state index in [2.05, 4.69) is 31.2 Å². The molecule has 5 heteroatoms. The van der Waals surface area contributed by atoms with Gasteiger partial charge in [0.05, 0.1) is 12.1 Å². The molecule has 0 aliphatic carbocycles. The average Bonchev–Trinajstić information content (AvgIpc) is 3.08. The van der Waals surface area contributed by atoms with Gasteiger partial charge in [0.15, 0.2) is 0 Å². The number of aliphatic carboxylic acids is 1. The van der Waals surface area contributed by atoms with Gasteiger partial charge >= 0.3 is 5.97 Å². The molecule has 0 aromatic heterocycles. The number of hydrogen-bond donors (Lipinski definition) is 2. The fourth-order valence-electron chi connectivity index (χ4n) is 3.75. The van der Waals surface area contributed by atoms with Crippen LogP contribution in [-0.2, 0) is 16.0 Å². The lowest BCUT2D eigenvalue weighted by Crippen LogP contribution is -2.32. The van der Waals surface area contributed by atoms with Crippen molar-refractivity contribution < 1.29 is 19.8 Å². The summed E-state index contributed by atoms with van der Waals surface area (Å²) in [5.41, 5.74) is 1.32. The molecule has 3 atom stereocenters. The van der Waals surface area contributed by atoms with Crippen LogP contribution in [0.3, 0.4) is 0 Å². The van der Waals surface area contributed by atoms with E-state index in [-0.39, 0.29) is 24.3 Å². The van der Waals surface area contributed by atoms with Gasteiger partial charge in [-0.05, 0) is 50.0 Å². The third-order valence-electron chi connectivity index (χ3n) is 5.69. The molecule has 0 spiro atoms. The highest BCUT2D eigenvalue weighted by Crippen LogP contribution is 2.21. The molecule has 1 aromatic carbocycles. The zero-order valence-corrected chi connectivity index (χ0v) is 18.0. The summed E-state index contributed by atoms with van der Waals surface area (Å²) >= 11 is 0. The molecular weight excluding hydrogens is 378 g/mol. The van der Waals surface area contributed by atoms with Gasteiger partial charge in [-0.15, -0.1) is 0 Å². The minimum absolute atomic E-state index is 0.0207. The smallest absolute Gasteiger partial charge is 0.303 e. The Morgan fingerprint density at radius 1 is 1.23 bits per heavy atom. The van der Waals surface area contributed by atoms with Crippen molar-refractivity contribution in [1.82, 2.24) is 4.90 Å². The minimum atomic E-state index is -0.781. The van der Waals surface area contributed by atoms with Crippen LogP contribution in [0.25, 0.3) is 0 Å². The van der Waals surface area contributed by atoms with Gasteiger partial charge < -0.3 is 15.1 Å². The van der Waals surface area contributed by atoms with E-state index in [9.17, 15) is 14.7 Å². The maximum absolute atomic E-state index is 12.2. The van der Waals surface area contributed by atoms with Crippen molar-refractivity contribution in [3.63, 3.8) is 0 Å². The highest BCUT2D eigenvalue weighted by atomic mass is 16.4. The maximum atomic E-state index is 12.2. The van der Waals surface area contributed by atoms with Crippen LogP contribution in [0.1, 0.15) is 57.4 Å². The molecule has 1 aliphatic rings. The summed E-state index contributed by atoms with van der Waals surface area (Å²) in [6.07, 6.45) is 13.0. The number of unbranched alkanes of at least 4 members (excludes halogenated alkanes) is 1. The van der Waals surface area contributed by atoms with Crippen molar-refractivity contribution in [2.75, 3.05) is 6.54 Å². The summed E-state index contributed by atoms with van der Waals surface area (Å²) < 4.78 is 0. The number of carboxylic acids is 1. The van der Waals surface area contributed by atoms with Crippen LogP contribution in [-0.4, -0.2) is 45.7 Å². The van der Waals surface area contributed by atoms with Gasteiger partial charge in [-0.3, -0.25) is 9.59 Å². The summed E-state index contributed by atoms with van der Waals surface area (Å²) in [7, 11) is 0. The van der Waals surface area contributed by atoms with Gasteiger partial charge in [0.2, 0.25) is 5.91 Å². The number of amides is 1. The third-order valence-corrected chi connectivity index (χ3v) is 5.69. The molecule has 0 bridgehead atoms. The molecule has 1 heterocycles. The number of aliphatic hydroxyl groups excluding tert-OH is 1. The Bertz CT molecular complexity index is 713. The normalized spacial score (nSPS) is 19.1. The molecule has 30 heavy (non-hydrogen) atoms. The fourth-order valence-corrected chi connectivity index (χ4v) is 3.75. The Morgan fingerprint density at radius 3 is 2.73 bits per heavy atom. The lowest BCUT2D eigenvalue weighted by atomic mass is 9.95. The van der Waals surface area contributed by atoms with E-state index >= 15 is 0 Å². The van der Waals surface area contributed by atoms with Crippen LogP contribution in [0, 0.1) is 5.92 Å². The predicted molar refractivity (Wildman–Crippen MR) is 119 cm³/mol. The maximum Gasteiger partial charge on any atom is 0.303 e. The zero-order valence-electron chi connectivity index (χ0n) is 18.0. The Balaban J connectivity index is 1.74. The molecule has 2 N–H and O–H groups in total. The van der Waals surface area contributed by atoms with Crippen LogP contribution < -0.4 is 0 Å². The van der Waals surface area contributed by atoms with Crippen LogP contribution in [0.15, 0.2) is 54.6 Å². The first-order chi connectivity index (χ1) is 14.5. The van der Waals surface area contributed by atoms with Gasteiger partial charge in [-0.25, -0.2) is 0 Å². The third kappa shape index (κ3) is 8.54. The van der Waals surface area contributed by atoms with Gasteiger partial charge in [0.1, 0.15) is 0 Å². The number of likely N-dealkylation sites (tertiary alicyclic amines) is 1. The molecule has 0 saturated carbocycles. The van der Waals surface area contributed by atoms with Crippen molar-refractivity contribution >= 4 is 11.9 Å². The number of carbonyl (C=O) groups excluding carboxylic acids is 1. The first kappa shape index (κ1) is 23.9. The van der Waals surface area contributed by atoms with Gasteiger partial charge in [0.25, 0.3) is 0 Å². The fraction of sp³-hybridized carbons (Fsp3) is 0.520. The van der Waals surface area contributed by atoms with Crippen LogP contribution in [0.5, 0.6) is 0 Å². The van der Waals surface area contributed by atoms with E-state index in [0.29, 0.717) is 25.8 Å². The lowest BCUT2D eigenvalue weighted by molar-refractivity contribution is -0.137. The first-order valence-electron chi connectivity index (χ1n) is 11.0. The number of aliphatic hydroxyl groups is 1.